The number of thioether (sulfide) groups is 1. The van der Waals surface area contributed by atoms with Gasteiger partial charge >= 0.3 is 5.97 Å². The Labute approximate surface area is 115 Å². The molecule has 0 aliphatic carbocycles. The van der Waals surface area contributed by atoms with Crippen molar-refractivity contribution in [2.24, 2.45) is 0 Å². The second-order valence-corrected chi connectivity index (χ2v) is 5.01. The lowest BCUT2D eigenvalue weighted by Gasteiger charge is -1.99. The lowest BCUT2D eigenvalue weighted by atomic mass is 10.2. The molecule has 0 saturated carbocycles. The normalized spacial score (nSPS) is 10.4. The standard InChI is InChI=1S/C14H14O4S/c1-9-13(14(16)17-2)7-11(18-9)8-19-12-5-3-4-10(15)6-12/h3-7,15H,8H2,1-2H3. The van der Waals surface area contributed by atoms with Gasteiger partial charge in [0.25, 0.3) is 0 Å². The van der Waals surface area contributed by atoms with E-state index < -0.39 is 5.97 Å². The SMILES string of the molecule is COC(=O)c1cc(CSc2cccc(O)c2)oc1C. The van der Waals surface area contributed by atoms with Crippen LogP contribution in [0.1, 0.15) is 21.9 Å². The molecule has 0 amide bonds. The minimum absolute atomic E-state index is 0.232. The first-order chi connectivity index (χ1) is 9.10. The number of carbonyl (C=O) groups excluding carboxylic acids is 1. The summed E-state index contributed by atoms with van der Waals surface area (Å²) in [6.45, 7) is 1.73. The average Bonchev–Trinajstić information content (AvgIpc) is 2.77. The molecular weight excluding hydrogens is 264 g/mol. The van der Waals surface area contributed by atoms with Gasteiger partial charge < -0.3 is 14.3 Å². The number of esters is 1. The largest absolute Gasteiger partial charge is 0.508 e. The van der Waals surface area contributed by atoms with Crippen molar-refractivity contribution in [2.75, 3.05) is 7.11 Å². The molecule has 1 aromatic carbocycles. The molecule has 1 aromatic heterocycles. The second-order valence-electron chi connectivity index (χ2n) is 3.96. The number of rotatable bonds is 4. The van der Waals surface area contributed by atoms with E-state index in [1.165, 1.54) is 18.9 Å². The molecule has 0 aliphatic rings. The number of methoxy groups -OCH3 is 1. The molecule has 1 N–H and O–H groups in total. The van der Waals surface area contributed by atoms with Crippen molar-refractivity contribution in [3.8, 4) is 5.75 Å². The van der Waals surface area contributed by atoms with Crippen LogP contribution in [0.2, 0.25) is 0 Å². The molecule has 5 heteroatoms. The summed E-state index contributed by atoms with van der Waals surface area (Å²) < 4.78 is 10.2. The smallest absolute Gasteiger partial charge is 0.341 e. The van der Waals surface area contributed by atoms with E-state index in [0.29, 0.717) is 22.8 Å². The number of aromatic hydroxyl groups is 1. The van der Waals surface area contributed by atoms with E-state index in [2.05, 4.69) is 4.74 Å². The number of furan rings is 1. The third-order valence-electron chi connectivity index (χ3n) is 2.57. The first kappa shape index (κ1) is 13.5. The van der Waals surface area contributed by atoms with Crippen molar-refractivity contribution < 1.29 is 19.1 Å². The van der Waals surface area contributed by atoms with Crippen LogP contribution in [0.15, 0.2) is 39.6 Å². The fourth-order valence-corrected chi connectivity index (χ4v) is 2.49. The van der Waals surface area contributed by atoms with E-state index in [0.717, 1.165) is 4.90 Å². The highest BCUT2D eigenvalue weighted by Gasteiger charge is 2.15. The Morgan fingerprint density at radius 3 is 2.89 bits per heavy atom. The van der Waals surface area contributed by atoms with Gasteiger partial charge in [-0.3, -0.25) is 0 Å². The van der Waals surface area contributed by atoms with Crippen LogP contribution in [-0.4, -0.2) is 18.2 Å². The van der Waals surface area contributed by atoms with Crippen LogP contribution in [0.3, 0.4) is 0 Å². The van der Waals surface area contributed by atoms with E-state index in [1.54, 1.807) is 31.2 Å². The highest BCUT2D eigenvalue weighted by Crippen LogP contribution is 2.27. The van der Waals surface area contributed by atoms with Gasteiger partial charge in [-0.25, -0.2) is 4.79 Å². The van der Waals surface area contributed by atoms with Gasteiger partial charge in [0, 0.05) is 4.90 Å². The zero-order valence-corrected chi connectivity index (χ0v) is 11.5. The summed E-state index contributed by atoms with van der Waals surface area (Å²) in [5.74, 6) is 1.68. The van der Waals surface area contributed by atoms with E-state index in [-0.39, 0.29) is 5.75 Å². The van der Waals surface area contributed by atoms with Crippen molar-refractivity contribution in [3.63, 3.8) is 0 Å². The Morgan fingerprint density at radius 2 is 2.21 bits per heavy atom. The van der Waals surface area contributed by atoms with Crippen LogP contribution >= 0.6 is 11.8 Å². The van der Waals surface area contributed by atoms with Crippen LogP contribution in [0.4, 0.5) is 0 Å². The number of hydrogen-bond acceptors (Lipinski definition) is 5. The minimum atomic E-state index is -0.394. The van der Waals surface area contributed by atoms with Crippen molar-refractivity contribution in [1.29, 1.82) is 0 Å². The molecule has 0 unspecified atom stereocenters. The molecule has 0 aliphatic heterocycles. The first-order valence-electron chi connectivity index (χ1n) is 5.69. The highest BCUT2D eigenvalue weighted by atomic mass is 32.2. The lowest BCUT2D eigenvalue weighted by molar-refractivity contribution is 0.0599. The van der Waals surface area contributed by atoms with Crippen LogP contribution in [-0.2, 0) is 10.5 Å². The molecule has 0 radical (unpaired) electrons. The zero-order valence-electron chi connectivity index (χ0n) is 10.7. The predicted molar refractivity (Wildman–Crippen MR) is 72.5 cm³/mol. The molecule has 2 rings (SSSR count). The Bertz CT molecular complexity index is 589. The summed E-state index contributed by atoms with van der Waals surface area (Å²) in [4.78, 5) is 12.4. The van der Waals surface area contributed by atoms with E-state index in [9.17, 15) is 9.90 Å². The molecular formula is C14H14O4S. The van der Waals surface area contributed by atoms with Gasteiger partial charge in [0.2, 0.25) is 0 Å². The highest BCUT2D eigenvalue weighted by molar-refractivity contribution is 7.98. The van der Waals surface area contributed by atoms with Crippen LogP contribution in [0.25, 0.3) is 0 Å². The molecule has 0 saturated heterocycles. The number of phenolic OH excluding ortho intramolecular Hbond substituents is 1. The summed E-state index contributed by atoms with van der Waals surface area (Å²) in [7, 11) is 1.34. The molecule has 100 valence electrons. The first-order valence-corrected chi connectivity index (χ1v) is 6.68. The van der Waals surface area contributed by atoms with Crippen LogP contribution < -0.4 is 0 Å². The van der Waals surface area contributed by atoms with E-state index >= 15 is 0 Å². The number of aryl methyl sites for hydroxylation is 1. The topological polar surface area (TPSA) is 59.7 Å². The lowest BCUT2D eigenvalue weighted by Crippen LogP contribution is -2.00. The number of ether oxygens (including phenoxy) is 1. The van der Waals surface area contributed by atoms with Crippen molar-refractivity contribution >= 4 is 17.7 Å². The van der Waals surface area contributed by atoms with Crippen LogP contribution in [0, 0.1) is 6.92 Å². The molecule has 19 heavy (non-hydrogen) atoms. The molecule has 0 bridgehead atoms. The Kier molecular flexibility index (Phi) is 4.16. The Morgan fingerprint density at radius 1 is 1.42 bits per heavy atom. The molecule has 1 heterocycles. The van der Waals surface area contributed by atoms with Crippen molar-refractivity contribution in [2.45, 2.75) is 17.6 Å². The predicted octanol–water partition coefficient (Wildman–Crippen LogP) is 3.37. The van der Waals surface area contributed by atoms with Gasteiger partial charge in [0.1, 0.15) is 22.8 Å². The van der Waals surface area contributed by atoms with Gasteiger partial charge in [-0.05, 0) is 31.2 Å². The van der Waals surface area contributed by atoms with Crippen molar-refractivity contribution in [3.05, 3.63) is 47.4 Å². The van der Waals surface area contributed by atoms with Gasteiger partial charge in [-0.1, -0.05) is 6.07 Å². The third-order valence-corrected chi connectivity index (χ3v) is 3.59. The average molecular weight is 278 g/mol. The maximum Gasteiger partial charge on any atom is 0.341 e. The summed E-state index contributed by atoms with van der Waals surface area (Å²) in [6.07, 6.45) is 0. The van der Waals surface area contributed by atoms with Gasteiger partial charge in [-0.15, -0.1) is 11.8 Å². The summed E-state index contributed by atoms with van der Waals surface area (Å²) in [6, 6.07) is 8.68. The molecule has 0 spiro atoms. The summed E-state index contributed by atoms with van der Waals surface area (Å²) in [5.41, 5.74) is 0.453. The second kappa shape index (κ2) is 5.84. The number of carbonyl (C=O) groups is 1. The van der Waals surface area contributed by atoms with E-state index in [1.807, 2.05) is 6.07 Å². The van der Waals surface area contributed by atoms with Crippen LogP contribution in [0.5, 0.6) is 5.75 Å². The van der Waals surface area contributed by atoms with E-state index in [4.69, 9.17) is 4.42 Å². The number of hydrogen-bond donors (Lipinski definition) is 1. The Hall–Kier alpha value is -1.88. The number of phenols is 1. The van der Waals surface area contributed by atoms with Gasteiger partial charge in [0.05, 0.1) is 12.9 Å². The molecule has 0 fully saturated rings. The maximum atomic E-state index is 11.4. The fourth-order valence-electron chi connectivity index (χ4n) is 1.66. The maximum absolute atomic E-state index is 11.4. The Balaban J connectivity index is 2.06. The molecule has 0 atom stereocenters. The molecule has 4 nitrogen and oxygen atoms in total. The summed E-state index contributed by atoms with van der Waals surface area (Å²) in [5, 5.41) is 9.37. The fraction of sp³-hybridized carbons (Fsp3) is 0.214. The number of benzene rings is 1. The van der Waals surface area contributed by atoms with Gasteiger partial charge in [-0.2, -0.15) is 0 Å². The minimum Gasteiger partial charge on any atom is -0.508 e. The summed E-state index contributed by atoms with van der Waals surface area (Å²) >= 11 is 1.52. The van der Waals surface area contributed by atoms with Crippen molar-refractivity contribution in [1.82, 2.24) is 0 Å². The van der Waals surface area contributed by atoms with Gasteiger partial charge in [0.15, 0.2) is 0 Å². The quantitative estimate of drug-likeness (QED) is 0.686. The monoisotopic (exact) mass is 278 g/mol. The molecule has 2 aromatic rings. The zero-order chi connectivity index (χ0) is 13.8. The third kappa shape index (κ3) is 3.32.